The number of piperidine rings is 1. The van der Waals surface area contributed by atoms with E-state index in [-0.39, 0.29) is 29.3 Å². The summed E-state index contributed by atoms with van der Waals surface area (Å²) in [5.74, 6) is 0.765. The molecule has 0 aliphatic carbocycles. The molecule has 0 spiro atoms. The van der Waals surface area contributed by atoms with Gasteiger partial charge in [0.15, 0.2) is 0 Å². The van der Waals surface area contributed by atoms with E-state index < -0.39 is 0 Å². The largest absolute Gasteiger partial charge is 0.462 e. The Labute approximate surface area is 187 Å². The molecule has 170 valence electrons. The van der Waals surface area contributed by atoms with Crippen molar-refractivity contribution in [2.45, 2.75) is 65.3 Å². The molecule has 0 saturated carbocycles. The molecule has 1 fully saturated rings. The molecule has 2 atom stereocenters. The summed E-state index contributed by atoms with van der Waals surface area (Å²) in [4.78, 5) is 27.5. The summed E-state index contributed by atoms with van der Waals surface area (Å²) in [6, 6.07) is 7.64. The van der Waals surface area contributed by atoms with E-state index in [9.17, 15) is 9.59 Å². The summed E-state index contributed by atoms with van der Waals surface area (Å²) in [7, 11) is 0. The molecule has 0 aromatic heterocycles. The van der Waals surface area contributed by atoms with Crippen molar-refractivity contribution in [3.05, 3.63) is 47.0 Å². The van der Waals surface area contributed by atoms with Gasteiger partial charge in [0.25, 0.3) is 0 Å². The van der Waals surface area contributed by atoms with Crippen LogP contribution in [0.4, 0.5) is 0 Å². The number of nitrogens with zero attached hydrogens (tertiary/aromatic N) is 1. The summed E-state index contributed by atoms with van der Waals surface area (Å²) in [5.41, 5.74) is 2.91. The summed E-state index contributed by atoms with van der Waals surface area (Å²) in [6.45, 7) is 13.6. The number of carbonyl (C=O) groups is 2. The van der Waals surface area contributed by atoms with Crippen molar-refractivity contribution in [1.29, 1.82) is 0 Å². The number of likely N-dealkylation sites (tertiary alicyclic amines) is 1. The Balaban J connectivity index is 1.52. The van der Waals surface area contributed by atoms with Gasteiger partial charge in [-0.25, -0.2) is 4.79 Å². The number of benzene rings is 1. The van der Waals surface area contributed by atoms with Crippen LogP contribution in [0.3, 0.4) is 0 Å². The van der Waals surface area contributed by atoms with Gasteiger partial charge in [-0.3, -0.25) is 4.79 Å². The average molecular weight is 427 g/mol. The van der Waals surface area contributed by atoms with Crippen molar-refractivity contribution in [2.24, 2.45) is 11.8 Å². The second-order valence-corrected chi connectivity index (χ2v) is 9.89. The van der Waals surface area contributed by atoms with Crippen LogP contribution in [-0.4, -0.2) is 48.6 Å². The van der Waals surface area contributed by atoms with Crippen molar-refractivity contribution in [3.8, 4) is 0 Å². The Hall–Kier alpha value is -2.14. The minimum atomic E-state index is -0.287. The Kier molecular flexibility index (Phi) is 7.58. The normalized spacial score (nSPS) is 21.1. The molecule has 2 aliphatic rings. The maximum Gasteiger partial charge on any atom is 0.338 e. The summed E-state index contributed by atoms with van der Waals surface area (Å²) in [6.07, 6.45) is 4.70. The van der Waals surface area contributed by atoms with Gasteiger partial charge < -0.3 is 15.0 Å². The molecule has 1 saturated heterocycles. The maximum atomic E-state index is 13.0. The van der Waals surface area contributed by atoms with Crippen molar-refractivity contribution in [2.75, 3.05) is 26.2 Å². The Morgan fingerprint density at radius 3 is 2.52 bits per heavy atom. The lowest BCUT2D eigenvalue weighted by Crippen LogP contribution is -2.54. The van der Waals surface area contributed by atoms with Gasteiger partial charge in [-0.2, -0.15) is 0 Å². The number of hydrogen-bond donors (Lipinski definition) is 1. The Morgan fingerprint density at radius 1 is 1.23 bits per heavy atom. The quantitative estimate of drug-likeness (QED) is 0.514. The van der Waals surface area contributed by atoms with Crippen LogP contribution in [0.15, 0.2) is 35.9 Å². The number of ether oxygens (including phenoxy) is 1. The van der Waals surface area contributed by atoms with Crippen LogP contribution < -0.4 is 5.32 Å². The molecule has 2 unspecified atom stereocenters. The number of amides is 1. The van der Waals surface area contributed by atoms with Crippen LogP contribution in [0, 0.1) is 11.8 Å². The van der Waals surface area contributed by atoms with Crippen LogP contribution in [0.2, 0.25) is 0 Å². The van der Waals surface area contributed by atoms with Gasteiger partial charge in [-0.15, -0.1) is 0 Å². The molecule has 2 heterocycles. The highest BCUT2D eigenvalue weighted by molar-refractivity contribution is 5.89. The van der Waals surface area contributed by atoms with E-state index in [1.807, 2.05) is 24.3 Å². The van der Waals surface area contributed by atoms with Gasteiger partial charge in [0.1, 0.15) is 0 Å². The molecule has 5 nitrogen and oxygen atoms in total. The van der Waals surface area contributed by atoms with E-state index >= 15 is 0 Å². The molecule has 31 heavy (non-hydrogen) atoms. The standard InChI is InChI=1S/C26H38N2O3/c1-18(2)20-6-8-21(9-7-20)25(30)31-17-19(3)22-12-15-28(24(29)16-22)26(4,5)23-10-13-27-14-11-23/h6-10,18-19,22,27H,11-17H2,1-5H3. The van der Waals surface area contributed by atoms with Gasteiger partial charge in [0.2, 0.25) is 5.91 Å². The predicted octanol–water partition coefficient (Wildman–Crippen LogP) is 4.54. The van der Waals surface area contributed by atoms with E-state index in [4.69, 9.17) is 4.74 Å². The van der Waals surface area contributed by atoms with Gasteiger partial charge in [0.05, 0.1) is 17.7 Å². The average Bonchev–Trinajstić information content (AvgIpc) is 2.77. The topological polar surface area (TPSA) is 58.6 Å². The molecule has 2 aliphatic heterocycles. The lowest BCUT2D eigenvalue weighted by molar-refractivity contribution is -0.140. The fourth-order valence-corrected chi connectivity index (χ4v) is 4.72. The Morgan fingerprint density at radius 2 is 1.94 bits per heavy atom. The summed E-state index contributed by atoms with van der Waals surface area (Å²) in [5, 5.41) is 3.34. The molecule has 0 bridgehead atoms. The van der Waals surface area contributed by atoms with E-state index in [2.05, 4.69) is 50.9 Å². The smallest absolute Gasteiger partial charge is 0.338 e. The third-order valence-corrected chi connectivity index (χ3v) is 7.08. The predicted molar refractivity (Wildman–Crippen MR) is 124 cm³/mol. The zero-order chi connectivity index (χ0) is 22.6. The second-order valence-electron chi connectivity index (χ2n) is 9.89. The van der Waals surface area contributed by atoms with Crippen LogP contribution >= 0.6 is 0 Å². The highest BCUT2D eigenvalue weighted by Gasteiger charge is 2.39. The maximum absolute atomic E-state index is 13.0. The van der Waals surface area contributed by atoms with Crippen LogP contribution in [0.1, 0.15) is 75.7 Å². The SMILES string of the molecule is CC(C)c1ccc(C(=O)OCC(C)C2CCN(C(C)(C)C3=CCNCC3)C(=O)C2)cc1. The molecular weight excluding hydrogens is 388 g/mol. The van der Waals surface area contributed by atoms with Gasteiger partial charge in [-0.05, 0) is 74.3 Å². The molecular formula is C26H38N2O3. The summed E-state index contributed by atoms with van der Waals surface area (Å²) >= 11 is 0. The fourth-order valence-electron chi connectivity index (χ4n) is 4.72. The van der Waals surface area contributed by atoms with Crippen LogP contribution in [0.5, 0.6) is 0 Å². The molecule has 1 N–H and O–H groups in total. The van der Waals surface area contributed by atoms with Crippen molar-refractivity contribution in [3.63, 3.8) is 0 Å². The highest BCUT2D eigenvalue weighted by Crippen LogP contribution is 2.34. The monoisotopic (exact) mass is 426 g/mol. The molecule has 1 amide bonds. The first-order valence-electron chi connectivity index (χ1n) is 11.7. The zero-order valence-corrected chi connectivity index (χ0v) is 19.7. The first-order valence-corrected chi connectivity index (χ1v) is 11.7. The third-order valence-electron chi connectivity index (χ3n) is 7.08. The minimum Gasteiger partial charge on any atom is -0.462 e. The first kappa shape index (κ1) is 23.5. The molecule has 5 heteroatoms. The zero-order valence-electron chi connectivity index (χ0n) is 19.7. The van der Waals surface area contributed by atoms with Gasteiger partial charge in [0, 0.05) is 19.5 Å². The molecule has 0 radical (unpaired) electrons. The molecule has 1 aromatic carbocycles. The van der Waals surface area contributed by atoms with Crippen LogP contribution in [0.25, 0.3) is 0 Å². The molecule has 3 rings (SSSR count). The van der Waals surface area contributed by atoms with E-state index in [0.717, 1.165) is 32.5 Å². The van der Waals surface area contributed by atoms with E-state index in [1.54, 1.807) is 0 Å². The van der Waals surface area contributed by atoms with E-state index in [0.29, 0.717) is 24.5 Å². The van der Waals surface area contributed by atoms with Crippen LogP contribution in [-0.2, 0) is 9.53 Å². The third kappa shape index (κ3) is 5.57. The second kappa shape index (κ2) is 9.99. The number of rotatable bonds is 7. The lowest BCUT2D eigenvalue weighted by Gasteiger charge is -2.46. The van der Waals surface area contributed by atoms with Gasteiger partial charge in [-0.1, -0.05) is 39.0 Å². The van der Waals surface area contributed by atoms with Gasteiger partial charge >= 0.3 is 5.97 Å². The number of carbonyl (C=O) groups excluding carboxylic acids is 2. The fraction of sp³-hybridized carbons (Fsp3) is 0.615. The number of hydrogen-bond acceptors (Lipinski definition) is 4. The van der Waals surface area contributed by atoms with Crippen molar-refractivity contribution in [1.82, 2.24) is 10.2 Å². The summed E-state index contributed by atoms with van der Waals surface area (Å²) < 4.78 is 5.59. The Bertz CT molecular complexity index is 810. The van der Waals surface area contributed by atoms with E-state index in [1.165, 1.54) is 11.1 Å². The number of nitrogens with one attached hydrogen (secondary N) is 1. The lowest BCUT2D eigenvalue weighted by atomic mass is 9.81. The first-order chi connectivity index (χ1) is 14.7. The number of esters is 1. The van der Waals surface area contributed by atoms with Crippen molar-refractivity contribution >= 4 is 11.9 Å². The molecule has 1 aromatic rings. The minimum absolute atomic E-state index is 0.159. The van der Waals surface area contributed by atoms with Crippen molar-refractivity contribution < 1.29 is 14.3 Å². The highest BCUT2D eigenvalue weighted by atomic mass is 16.5.